The van der Waals surface area contributed by atoms with Crippen molar-refractivity contribution in [2.75, 3.05) is 4.90 Å². The van der Waals surface area contributed by atoms with Crippen LogP contribution < -0.4 is 4.90 Å². The fourth-order valence-electron chi connectivity index (χ4n) is 3.63. The largest absolute Gasteiger partial charge is 0.446 e. The summed E-state index contributed by atoms with van der Waals surface area (Å²) in [5, 5.41) is 0.905. The van der Waals surface area contributed by atoms with Gasteiger partial charge >= 0.3 is 11.5 Å². The molecule has 3 aromatic rings. The number of urea groups is 1. The minimum absolute atomic E-state index is 0.0147. The molecular formula is C22H18F3N3O2S. The normalized spacial score (nSPS) is 17.1. The number of aryl methyl sites for hydroxylation is 1. The molecule has 0 radical (unpaired) electrons. The van der Waals surface area contributed by atoms with E-state index >= 15 is 0 Å². The number of aromatic nitrogens is 1. The number of para-hydroxylation sites is 1. The quantitative estimate of drug-likeness (QED) is 0.392. The molecule has 9 heteroatoms. The number of hydrogen-bond acceptors (Lipinski definition) is 4. The Balaban J connectivity index is 1.62. The van der Waals surface area contributed by atoms with Crippen molar-refractivity contribution in [1.82, 2.24) is 9.88 Å². The number of nitrogens with zero attached hydrogens (tertiary/aromatic N) is 3. The van der Waals surface area contributed by atoms with Crippen LogP contribution in [0, 0.1) is 6.92 Å². The van der Waals surface area contributed by atoms with Crippen LogP contribution in [0.4, 0.5) is 23.7 Å². The molecule has 1 aliphatic rings. The van der Waals surface area contributed by atoms with E-state index in [1.165, 1.54) is 29.2 Å². The van der Waals surface area contributed by atoms with Crippen LogP contribution in [0.5, 0.6) is 0 Å². The molecule has 1 atom stereocenters. The number of pyridine rings is 1. The van der Waals surface area contributed by atoms with Gasteiger partial charge in [0, 0.05) is 23.0 Å². The smallest absolute Gasteiger partial charge is 0.308 e. The average Bonchev–Trinajstić information content (AvgIpc) is 2.93. The maximum atomic E-state index is 13.1. The van der Waals surface area contributed by atoms with Gasteiger partial charge in [-0.15, -0.1) is 0 Å². The summed E-state index contributed by atoms with van der Waals surface area (Å²) in [6, 6.07) is 11.6. The molecule has 1 saturated heterocycles. The molecule has 160 valence electrons. The minimum atomic E-state index is -4.41. The fraction of sp³-hybridized carbons (Fsp3) is 0.227. The van der Waals surface area contributed by atoms with Crippen molar-refractivity contribution in [2.45, 2.75) is 36.8 Å². The molecule has 31 heavy (non-hydrogen) atoms. The third-order valence-electron chi connectivity index (χ3n) is 5.24. The number of carbonyl (C=O) groups is 2. The van der Waals surface area contributed by atoms with Gasteiger partial charge in [0.25, 0.3) is 5.91 Å². The van der Waals surface area contributed by atoms with Gasteiger partial charge in [0.05, 0.1) is 11.2 Å². The molecule has 1 aliphatic heterocycles. The number of alkyl halides is 3. The molecule has 5 nitrogen and oxygen atoms in total. The van der Waals surface area contributed by atoms with E-state index in [-0.39, 0.29) is 28.9 Å². The van der Waals surface area contributed by atoms with Crippen LogP contribution in [0.15, 0.2) is 59.6 Å². The van der Waals surface area contributed by atoms with E-state index in [0.29, 0.717) is 0 Å². The van der Waals surface area contributed by atoms with Crippen molar-refractivity contribution in [1.29, 1.82) is 0 Å². The van der Waals surface area contributed by atoms with E-state index in [2.05, 4.69) is 4.98 Å². The number of carbonyl (C=O) groups excluding carboxylic acids is 2. The van der Waals surface area contributed by atoms with Crippen LogP contribution >= 0.6 is 11.8 Å². The highest BCUT2D eigenvalue weighted by Gasteiger charge is 2.43. The number of hydrogen-bond donors (Lipinski definition) is 0. The van der Waals surface area contributed by atoms with Crippen molar-refractivity contribution >= 4 is 40.3 Å². The molecule has 0 spiro atoms. The van der Waals surface area contributed by atoms with Gasteiger partial charge in [-0.05, 0) is 67.1 Å². The Hall–Kier alpha value is -3.07. The lowest BCUT2D eigenvalue weighted by molar-refractivity contribution is -0.119. The van der Waals surface area contributed by atoms with Crippen LogP contribution in [-0.4, -0.2) is 33.4 Å². The lowest BCUT2D eigenvalue weighted by Gasteiger charge is -2.21. The van der Waals surface area contributed by atoms with Gasteiger partial charge in [-0.25, -0.2) is 9.69 Å². The Morgan fingerprint density at radius 2 is 1.74 bits per heavy atom. The predicted molar refractivity (Wildman–Crippen MR) is 113 cm³/mol. The van der Waals surface area contributed by atoms with E-state index in [9.17, 15) is 22.8 Å². The maximum Gasteiger partial charge on any atom is 0.446 e. The highest BCUT2D eigenvalue weighted by Crippen LogP contribution is 2.38. The summed E-state index contributed by atoms with van der Waals surface area (Å²) in [6.45, 7) is 3.77. The Labute approximate surface area is 180 Å². The average molecular weight is 445 g/mol. The third-order valence-corrected chi connectivity index (χ3v) is 5.98. The lowest BCUT2D eigenvalue weighted by Crippen LogP contribution is -2.33. The molecule has 0 N–H and O–H groups in total. The van der Waals surface area contributed by atoms with Crippen LogP contribution in [0.1, 0.15) is 18.1 Å². The second-order valence-electron chi connectivity index (χ2n) is 7.24. The third kappa shape index (κ3) is 4.10. The van der Waals surface area contributed by atoms with E-state index in [4.69, 9.17) is 0 Å². The second kappa shape index (κ2) is 7.88. The summed E-state index contributed by atoms with van der Waals surface area (Å²) in [6.07, 6.45) is 1.74. The SMILES string of the molecule is Cc1cnc2ccccc2c1CN1C(=O)N(c2ccc(SC(F)(F)F)cc2)C(=O)C1C. The van der Waals surface area contributed by atoms with E-state index < -0.39 is 23.5 Å². The monoisotopic (exact) mass is 445 g/mol. The Kier molecular flexibility index (Phi) is 5.38. The number of anilines is 1. The van der Waals surface area contributed by atoms with Gasteiger partial charge < -0.3 is 4.90 Å². The first-order valence-electron chi connectivity index (χ1n) is 9.49. The molecule has 1 fully saturated rings. The highest BCUT2D eigenvalue weighted by atomic mass is 32.2. The van der Waals surface area contributed by atoms with E-state index in [0.717, 1.165) is 26.9 Å². The van der Waals surface area contributed by atoms with Gasteiger partial charge in [-0.3, -0.25) is 9.78 Å². The van der Waals surface area contributed by atoms with Crippen molar-refractivity contribution in [2.24, 2.45) is 0 Å². The van der Waals surface area contributed by atoms with Crippen molar-refractivity contribution in [3.8, 4) is 0 Å². The van der Waals surface area contributed by atoms with Crippen molar-refractivity contribution in [3.63, 3.8) is 0 Å². The van der Waals surface area contributed by atoms with E-state index in [1.807, 2.05) is 31.2 Å². The maximum absolute atomic E-state index is 13.1. The number of imide groups is 1. The summed E-state index contributed by atoms with van der Waals surface area (Å²) >= 11 is -0.246. The lowest BCUT2D eigenvalue weighted by atomic mass is 10.0. The van der Waals surface area contributed by atoms with Gasteiger partial charge in [0.2, 0.25) is 0 Å². The highest BCUT2D eigenvalue weighted by molar-refractivity contribution is 8.00. The second-order valence-corrected chi connectivity index (χ2v) is 8.38. The zero-order valence-electron chi connectivity index (χ0n) is 16.7. The van der Waals surface area contributed by atoms with Gasteiger partial charge in [0.1, 0.15) is 6.04 Å². The van der Waals surface area contributed by atoms with Gasteiger partial charge in [-0.1, -0.05) is 18.2 Å². The Morgan fingerprint density at radius 1 is 1.06 bits per heavy atom. The molecule has 3 amide bonds. The van der Waals surface area contributed by atoms with Crippen LogP contribution in [0.3, 0.4) is 0 Å². The van der Waals surface area contributed by atoms with Crippen molar-refractivity contribution < 1.29 is 22.8 Å². The summed E-state index contributed by atoms with van der Waals surface area (Å²) in [4.78, 5) is 32.8. The van der Waals surface area contributed by atoms with Gasteiger partial charge in [-0.2, -0.15) is 13.2 Å². The molecule has 2 heterocycles. The number of benzene rings is 2. The van der Waals surface area contributed by atoms with Crippen LogP contribution in [-0.2, 0) is 11.3 Å². The molecule has 1 unspecified atom stereocenters. The fourth-order valence-corrected chi connectivity index (χ4v) is 4.17. The molecule has 0 aliphatic carbocycles. The van der Waals surface area contributed by atoms with Crippen molar-refractivity contribution in [3.05, 3.63) is 65.9 Å². The molecule has 0 bridgehead atoms. The first-order valence-corrected chi connectivity index (χ1v) is 10.3. The first kappa shape index (κ1) is 21.2. The Bertz CT molecular complexity index is 1160. The molecule has 1 aromatic heterocycles. The zero-order valence-corrected chi connectivity index (χ0v) is 17.5. The zero-order chi connectivity index (χ0) is 22.3. The molecule has 2 aromatic carbocycles. The van der Waals surface area contributed by atoms with Crippen LogP contribution in [0.2, 0.25) is 0 Å². The Morgan fingerprint density at radius 3 is 2.42 bits per heavy atom. The number of amides is 3. The summed E-state index contributed by atoms with van der Waals surface area (Å²) in [5.74, 6) is -0.419. The number of thioether (sulfide) groups is 1. The van der Waals surface area contributed by atoms with E-state index in [1.54, 1.807) is 13.1 Å². The standard InChI is InChI=1S/C22H18F3N3O2S/c1-13-11-26-19-6-4-3-5-17(19)18(13)12-27-14(2)20(29)28(21(27)30)15-7-9-16(10-8-15)31-22(23,24)25/h3-11,14H,12H2,1-2H3. The number of fused-ring (bicyclic) bond motifs is 1. The van der Waals surface area contributed by atoms with Crippen LogP contribution in [0.25, 0.3) is 10.9 Å². The van der Waals surface area contributed by atoms with Gasteiger partial charge in [0.15, 0.2) is 0 Å². The summed E-state index contributed by atoms with van der Waals surface area (Å²) in [5.41, 5.74) is -1.57. The first-order chi connectivity index (χ1) is 14.7. The topological polar surface area (TPSA) is 53.5 Å². The number of halogens is 3. The molecule has 0 saturated carbocycles. The molecule has 4 rings (SSSR count). The summed E-state index contributed by atoms with van der Waals surface area (Å²) in [7, 11) is 0. The number of rotatable bonds is 4. The minimum Gasteiger partial charge on any atom is -0.308 e. The summed E-state index contributed by atoms with van der Waals surface area (Å²) < 4.78 is 37.7. The predicted octanol–water partition coefficient (Wildman–Crippen LogP) is 5.51. The molecular weight excluding hydrogens is 427 g/mol.